The van der Waals surface area contributed by atoms with Gasteiger partial charge in [0.25, 0.3) is 0 Å². The molecular formula is C14H17BrN2O. The summed E-state index contributed by atoms with van der Waals surface area (Å²) in [5.74, 6) is 1.00. The van der Waals surface area contributed by atoms with E-state index in [0.717, 1.165) is 28.9 Å². The predicted molar refractivity (Wildman–Crippen MR) is 77.3 cm³/mol. The third kappa shape index (κ3) is 3.62. The average molecular weight is 309 g/mol. The quantitative estimate of drug-likeness (QED) is 0.833. The number of nitrogens with one attached hydrogen (secondary N) is 1. The van der Waals surface area contributed by atoms with E-state index in [9.17, 15) is 0 Å². The van der Waals surface area contributed by atoms with Gasteiger partial charge in [-0.05, 0) is 42.8 Å². The van der Waals surface area contributed by atoms with E-state index in [0.29, 0.717) is 6.04 Å². The minimum Gasteiger partial charge on any atom is -0.469 e. The molecule has 18 heavy (non-hydrogen) atoms. The largest absolute Gasteiger partial charge is 0.469 e. The summed E-state index contributed by atoms with van der Waals surface area (Å²) in [6.07, 6.45) is 2.59. The summed E-state index contributed by atoms with van der Waals surface area (Å²) in [7, 11) is 0. The zero-order chi connectivity index (χ0) is 13.0. The highest BCUT2D eigenvalue weighted by Crippen LogP contribution is 2.19. The summed E-state index contributed by atoms with van der Waals surface area (Å²) in [5.41, 5.74) is 7.73. The number of furan rings is 1. The Labute approximate surface area is 115 Å². The van der Waals surface area contributed by atoms with Gasteiger partial charge in [-0.3, -0.25) is 0 Å². The Morgan fingerprint density at radius 3 is 2.94 bits per heavy atom. The van der Waals surface area contributed by atoms with Crippen LogP contribution >= 0.6 is 15.9 Å². The number of halogens is 1. The van der Waals surface area contributed by atoms with Crippen LogP contribution in [0.1, 0.15) is 18.2 Å². The van der Waals surface area contributed by atoms with Crippen molar-refractivity contribution in [2.24, 2.45) is 0 Å². The Morgan fingerprint density at radius 2 is 2.22 bits per heavy atom. The summed E-state index contributed by atoms with van der Waals surface area (Å²) < 4.78 is 6.41. The van der Waals surface area contributed by atoms with Crippen molar-refractivity contribution < 1.29 is 4.42 Å². The lowest BCUT2D eigenvalue weighted by Gasteiger charge is -2.13. The van der Waals surface area contributed by atoms with Crippen LogP contribution in [0.25, 0.3) is 0 Å². The fourth-order valence-electron chi connectivity index (χ4n) is 1.82. The molecule has 2 rings (SSSR count). The zero-order valence-electron chi connectivity index (χ0n) is 10.3. The maximum Gasteiger partial charge on any atom is 0.105 e. The van der Waals surface area contributed by atoms with Gasteiger partial charge in [0, 0.05) is 29.2 Å². The highest BCUT2D eigenvalue weighted by molar-refractivity contribution is 9.10. The van der Waals surface area contributed by atoms with Crippen LogP contribution in [-0.4, -0.2) is 6.04 Å². The van der Waals surface area contributed by atoms with Gasteiger partial charge in [-0.15, -0.1) is 0 Å². The molecule has 0 aliphatic rings. The van der Waals surface area contributed by atoms with Crippen molar-refractivity contribution in [3.8, 4) is 0 Å². The molecule has 1 heterocycles. The summed E-state index contributed by atoms with van der Waals surface area (Å²) in [6, 6.07) is 10.1. The van der Waals surface area contributed by atoms with E-state index in [4.69, 9.17) is 10.2 Å². The molecule has 1 atom stereocenters. The Bertz CT molecular complexity index is 497. The van der Waals surface area contributed by atoms with Crippen molar-refractivity contribution in [3.63, 3.8) is 0 Å². The first-order valence-corrected chi connectivity index (χ1v) is 6.74. The van der Waals surface area contributed by atoms with Gasteiger partial charge in [0.05, 0.1) is 6.26 Å². The van der Waals surface area contributed by atoms with Crippen molar-refractivity contribution in [3.05, 3.63) is 52.4 Å². The average Bonchev–Trinajstić information content (AvgIpc) is 2.83. The maximum atomic E-state index is 5.78. The highest BCUT2D eigenvalue weighted by atomic mass is 79.9. The van der Waals surface area contributed by atoms with Crippen molar-refractivity contribution >= 4 is 21.6 Å². The lowest BCUT2D eigenvalue weighted by Crippen LogP contribution is -2.27. The molecule has 4 heteroatoms. The molecule has 0 spiro atoms. The Morgan fingerprint density at radius 1 is 1.39 bits per heavy atom. The van der Waals surface area contributed by atoms with E-state index in [1.54, 1.807) is 6.26 Å². The first-order valence-electron chi connectivity index (χ1n) is 5.95. The van der Waals surface area contributed by atoms with Crippen LogP contribution in [0.15, 0.2) is 45.5 Å². The van der Waals surface area contributed by atoms with Gasteiger partial charge in [-0.25, -0.2) is 0 Å². The third-order valence-corrected chi connectivity index (χ3v) is 3.57. The molecule has 0 aliphatic heterocycles. The van der Waals surface area contributed by atoms with E-state index < -0.39 is 0 Å². The molecule has 0 saturated carbocycles. The maximum absolute atomic E-state index is 5.78. The molecular weight excluding hydrogens is 292 g/mol. The predicted octanol–water partition coefficient (Wildman–Crippen LogP) is 3.35. The van der Waals surface area contributed by atoms with Gasteiger partial charge in [-0.2, -0.15) is 0 Å². The number of benzene rings is 1. The monoisotopic (exact) mass is 308 g/mol. The van der Waals surface area contributed by atoms with Gasteiger partial charge in [-0.1, -0.05) is 15.9 Å². The van der Waals surface area contributed by atoms with Crippen molar-refractivity contribution in [1.82, 2.24) is 5.32 Å². The first-order chi connectivity index (χ1) is 8.65. The van der Waals surface area contributed by atoms with Crippen LogP contribution in [0.3, 0.4) is 0 Å². The van der Waals surface area contributed by atoms with Gasteiger partial charge < -0.3 is 15.5 Å². The Hall–Kier alpha value is -1.26. The summed E-state index contributed by atoms with van der Waals surface area (Å²) in [6.45, 7) is 2.93. The standard InChI is InChI=1S/C14H17BrN2O/c1-10(7-13-3-2-6-18-13)17-9-11-8-12(16)4-5-14(11)15/h2-6,8,10,17H,7,9,16H2,1H3. The molecule has 1 aromatic heterocycles. The molecule has 96 valence electrons. The molecule has 0 bridgehead atoms. The lowest BCUT2D eigenvalue weighted by molar-refractivity contribution is 0.456. The topological polar surface area (TPSA) is 51.2 Å². The second-order valence-electron chi connectivity index (χ2n) is 4.42. The van der Waals surface area contributed by atoms with E-state index in [-0.39, 0.29) is 0 Å². The number of nitrogens with two attached hydrogens (primary N) is 1. The normalized spacial score (nSPS) is 12.6. The van der Waals surface area contributed by atoms with E-state index in [2.05, 4.69) is 28.2 Å². The van der Waals surface area contributed by atoms with Crippen LogP contribution in [0.2, 0.25) is 0 Å². The molecule has 1 aromatic carbocycles. The minimum atomic E-state index is 0.351. The molecule has 1 unspecified atom stereocenters. The van der Waals surface area contributed by atoms with E-state index >= 15 is 0 Å². The number of anilines is 1. The highest BCUT2D eigenvalue weighted by Gasteiger charge is 2.06. The van der Waals surface area contributed by atoms with Crippen molar-refractivity contribution in [1.29, 1.82) is 0 Å². The number of nitrogen functional groups attached to an aromatic ring is 1. The fourth-order valence-corrected chi connectivity index (χ4v) is 2.20. The molecule has 2 aromatic rings. The van der Waals surface area contributed by atoms with E-state index in [1.165, 1.54) is 5.56 Å². The Balaban J connectivity index is 1.89. The van der Waals surface area contributed by atoms with Gasteiger partial charge in [0.1, 0.15) is 5.76 Å². The summed E-state index contributed by atoms with van der Waals surface area (Å²) in [5, 5.41) is 3.46. The fraction of sp³-hybridized carbons (Fsp3) is 0.286. The molecule has 0 fully saturated rings. The molecule has 0 saturated heterocycles. The van der Waals surface area contributed by atoms with Crippen LogP contribution in [0.5, 0.6) is 0 Å². The third-order valence-electron chi connectivity index (χ3n) is 2.80. The molecule has 0 amide bonds. The zero-order valence-corrected chi connectivity index (χ0v) is 11.9. The lowest BCUT2D eigenvalue weighted by atomic mass is 10.1. The van der Waals surface area contributed by atoms with Crippen molar-refractivity contribution in [2.45, 2.75) is 25.9 Å². The van der Waals surface area contributed by atoms with Crippen LogP contribution in [0, 0.1) is 0 Å². The van der Waals surface area contributed by atoms with Crippen LogP contribution < -0.4 is 11.1 Å². The van der Waals surface area contributed by atoms with Gasteiger partial charge in [0.2, 0.25) is 0 Å². The minimum absolute atomic E-state index is 0.351. The number of hydrogen-bond donors (Lipinski definition) is 2. The summed E-state index contributed by atoms with van der Waals surface area (Å²) >= 11 is 3.53. The SMILES string of the molecule is CC(Cc1ccco1)NCc1cc(N)ccc1Br. The second-order valence-corrected chi connectivity index (χ2v) is 5.27. The van der Waals surface area contributed by atoms with Crippen molar-refractivity contribution in [2.75, 3.05) is 5.73 Å². The van der Waals surface area contributed by atoms with Crippen LogP contribution in [-0.2, 0) is 13.0 Å². The molecule has 3 N–H and O–H groups in total. The second kappa shape index (κ2) is 6.07. The molecule has 0 radical (unpaired) electrons. The first kappa shape index (κ1) is 13.2. The number of hydrogen-bond acceptors (Lipinski definition) is 3. The molecule has 0 aliphatic carbocycles. The van der Waals surface area contributed by atoms with E-state index in [1.807, 2.05) is 30.3 Å². The Kier molecular flexibility index (Phi) is 4.44. The number of rotatable bonds is 5. The van der Waals surface area contributed by atoms with Crippen LogP contribution in [0.4, 0.5) is 5.69 Å². The molecule has 3 nitrogen and oxygen atoms in total. The summed E-state index contributed by atoms with van der Waals surface area (Å²) in [4.78, 5) is 0. The van der Waals surface area contributed by atoms with Gasteiger partial charge >= 0.3 is 0 Å². The smallest absolute Gasteiger partial charge is 0.105 e. The van der Waals surface area contributed by atoms with Gasteiger partial charge in [0.15, 0.2) is 0 Å².